The zero-order valence-corrected chi connectivity index (χ0v) is 13.3. The van der Waals surface area contributed by atoms with Crippen molar-refractivity contribution < 1.29 is 14.3 Å². The van der Waals surface area contributed by atoms with E-state index < -0.39 is 0 Å². The lowest BCUT2D eigenvalue weighted by molar-refractivity contribution is -0.124. The first kappa shape index (κ1) is 16.9. The highest BCUT2D eigenvalue weighted by Gasteiger charge is 2.33. The Kier molecular flexibility index (Phi) is 5.91. The molecular formula is C17H25FN2O2. The number of hydrogen-bond acceptors (Lipinski definition) is 3. The minimum atomic E-state index is -0.246. The van der Waals surface area contributed by atoms with Crippen molar-refractivity contribution in [3.05, 3.63) is 35.6 Å². The van der Waals surface area contributed by atoms with Gasteiger partial charge < -0.3 is 10.4 Å². The van der Waals surface area contributed by atoms with E-state index in [1.54, 1.807) is 30.1 Å². The highest BCUT2D eigenvalue weighted by Crippen LogP contribution is 2.31. The fourth-order valence-corrected chi connectivity index (χ4v) is 2.98. The number of aliphatic hydroxyl groups excluding tert-OH is 1. The average Bonchev–Trinajstić information content (AvgIpc) is 2.44. The van der Waals surface area contributed by atoms with Crippen LogP contribution in [0.25, 0.3) is 0 Å². The normalized spacial score (nSPS) is 22.2. The number of amides is 1. The van der Waals surface area contributed by atoms with Crippen LogP contribution >= 0.6 is 0 Å². The molecule has 1 aliphatic rings. The van der Waals surface area contributed by atoms with Crippen LogP contribution in [0.4, 0.5) is 4.39 Å². The zero-order chi connectivity index (χ0) is 16.1. The van der Waals surface area contributed by atoms with Gasteiger partial charge >= 0.3 is 0 Å². The molecule has 0 spiro atoms. The topological polar surface area (TPSA) is 52.6 Å². The molecule has 0 heterocycles. The predicted octanol–water partition coefficient (Wildman–Crippen LogP) is 1.92. The standard InChI is InChI=1S/C17H25FN2O2/c1-3-16(13-8-14(21)9-13)19-17(22)11-20(2)10-12-6-4-5-7-15(12)18/h4-7,13-14,16,21H,3,8-11H2,1-2H3,(H,19,22)/t13?,14?,16-/m1/s1. The molecule has 122 valence electrons. The molecule has 0 bridgehead atoms. The molecule has 0 aliphatic heterocycles. The van der Waals surface area contributed by atoms with Gasteiger partial charge in [0.25, 0.3) is 0 Å². The second kappa shape index (κ2) is 7.70. The molecule has 1 aliphatic carbocycles. The fourth-order valence-electron chi connectivity index (χ4n) is 2.98. The van der Waals surface area contributed by atoms with E-state index in [0.29, 0.717) is 18.0 Å². The Morgan fingerprint density at radius 3 is 2.73 bits per heavy atom. The predicted molar refractivity (Wildman–Crippen MR) is 83.7 cm³/mol. The van der Waals surface area contributed by atoms with Gasteiger partial charge in [-0.05, 0) is 38.3 Å². The number of nitrogens with zero attached hydrogens (tertiary/aromatic N) is 1. The van der Waals surface area contributed by atoms with Gasteiger partial charge in [-0.2, -0.15) is 0 Å². The lowest BCUT2D eigenvalue weighted by atomic mass is 9.76. The number of likely N-dealkylation sites (N-methyl/N-ethyl adjacent to an activating group) is 1. The monoisotopic (exact) mass is 308 g/mol. The Bertz CT molecular complexity index is 503. The quantitative estimate of drug-likeness (QED) is 0.809. The zero-order valence-electron chi connectivity index (χ0n) is 13.3. The highest BCUT2D eigenvalue weighted by molar-refractivity contribution is 5.78. The molecule has 1 amide bonds. The molecule has 0 aromatic heterocycles. The molecule has 2 rings (SSSR count). The van der Waals surface area contributed by atoms with Gasteiger partial charge in [0.1, 0.15) is 5.82 Å². The van der Waals surface area contributed by atoms with E-state index >= 15 is 0 Å². The van der Waals surface area contributed by atoms with Crippen LogP contribution in [0.2, 0.25) is 0 Å². The summed E-state index contributed by atoms with van der Waals surface area (Å²) in [5.41, 5.74) is 0.590. The van der Waals surface area contributed by atoms with Gasteiger partial charge in [-0.25, -0.2) is 4.39 Å². The maximum Gasteiger partial charge on any atom is 0.234 e. The molecule has 4 nitrogen and oxygen atoms in total. The molecule has 22 heavy (non-hydrogen) atoms. The molecule has 1 atom stereocenters. The van der Waals surface area contributed by atoms with E-state index in [-0.39, 0.29) is 30.4 Å². The summed E-state index contributed by atoms with van der Waals surface area (Å²) < 4.78 is 13.6. The van der Waals surface area contributed by atoms with Crippen molar-refractivity contribution in [1.82, 2.24) is 10.2 Å². The Hall–Kier alpha value is -1.46. The van der Waals surface area contributed by atoms with Gasteiger partial charge in [0.05, 0.1) is 12.6 Å². The van der Waals surface area contributed by atoms with Crippen LogP contribution in [0.5, 0.6) is 0 Å². The van der Waals surface area contributed by atoms with Crippen molar-refractivity contribution in [3.8, 4) is 0 Å². The van der Waals surface area contributed by atoms with Crippen molar-refractivity contribution in [2.45, 2.75) is 44.9 Å². The fraction of sp³-hybridized carbons (Fsp3) is 0.588. The van der Waals surface area contributed by atoms with Crippen molar-refractivity contribution in [2.75, 3.05) is 13.6 Å². The second-order valence-electron chi connectivity index (χ2n) is 6.23. The third-order valence-corrected chi connectivity index (χ3v) is 4.32. The largest absolute Gasteiger partial charge is 0.393 e. The van der Waals surface area contributed by atoms with Gasteiger partial charge in [-0.15, -0.1) is 0 Å². The number of benzene rings is 1. The second-order valence-corrected chi connectivity index (χ2v) is 6.23. The number of halogens is 1. The Balaban J connectivity index is 1.79. The van der Waals surface area contributed by atoms with Gasteiger partial charge in [0.15, 0.2) is 0 Å². The van der Waals surface area contributed by atoms with Crippen LogP contribution in [-0.4, -0.2) is 41.7 Å². The van der Waals surface area contributed by atoms with E-state index in [9.17, 15) is 14.3 Å². The van der Waals surface area contributed by atoms with Crippen LogP contribution in [-0.2, 0) is 11.3 Å². The number of carbonyl (C=O) groups is 1. The first-order valence-electron chi connectivity index (χ1n) is 7.89. The van der Waals surface area contributed by atoms with Crippen LogP contribution in [0.15, 0.2) is 24.3 Å². The Morgan fingerprint density at radius 2 is 2.14 bits per heavy atom. The van der Waals surface area contributed by atoms with E-state index in [4.69, 9.17) is 0 Å². The molecular weight excluding hydrogens is 283 g/mol. The van der Waals surface area contributed by atoms with Crippen LogP contribution < -0.4 is 5.32 Å². The summed E-state index contributed by atoms with van der Waals surface area (Å²) in [6.45, 7) is 2.68. The average molecular weight is 308 g/mol. The van der Waals surface area contributed by atoms with E-state index in [1.807, 2.05) is 6.92 Å². The van der Waals surface area contributed by atoms with Gasteiger partial charge in [-0.1, -0.05) is 25.1 Å². The van der Waals surface area contributed by atoms with Crippen LogP contribution in [0.1, 0.15) is 31.7 Å². The summed E-state index contributed by atoms with van der Waals surface area (Å²) in [7, 11) is 1.81. The molecule has 0 radical (unpaired) electrons. The maximum absolute atomic E-state index is 13.6. The van der Waals surface area contributed by atoms with Crippen molar-refractivity contribution in [2.24, 2.45) is 5.92 Å². The molecule has 2 N–H and O–H groups in total. The Labute approximate surface area is 131 Å². The summed E-state index contributed by atoms with van der Waals surface area (Å²) in [6, 6.07) is 6.73. The molecule has 0 saturated heterocycles. The summed E-state index contributed by atoms with van der Waals surface area (Å²) >= 11 is 0. The minimum absolute atomic E-state index is 0.0490. The number of carbonyl (C=O) groups excluding carboxylic acids is 1. The van der Waals surface area contributed by atoms with E-state index in [2.05, 4.69) is 5.32 Å². The SMILES string of the molecule is CC[C@@H](NC(=O)CN(C)Cc1ccccc1F)C1CC(O)C1. The highest BCUT2D eigenvalue weighted by atomic mass is 19.1. The van der Waals surface area contributed by atoms with Crippen molar-refractivity contribution in [3.63, 3.8) is 0 Å². The number of nitrogens with one attached hydrogen (secondary N) is 1. The molecule has 1 fully saturated rings. The van der Waals surface area contributed by atoms with Gasteiger partial charge in [0.2, 0.25) is 5.91 Å². The van der Waals surface area contributed by atoms with Crippen LogP contribution in [0.3, 0.4) is 0 Å². The summed E-state index contributed by atoms with van der Waals surface area (Å²) in [5.74, 6) is 0.0811. The van der Waals surface area contributed by atoms with E-state index in [0.717, 1.165) is 19.3 Å². The Morgan fingerprint density at radius 1 is 1.45 bits per heavy atom. The van der Waals surface area contributed by atoms with Gasteiger partial charge in [0, 0.05) is 18.2 Å². The third-order valence-electron chi connectivity index (χ3n) is 4.32. The van der Waals surface area contributed by atoms with Crippen molar-refractivity contribution in [1.29, 1.82) is 0 Å². The van der Waals surface area contributed by atoms with Crippen LogP contribution in [0, 0.1) is 11.7 Å². The molecule has 1 aromatic carbocycles. The van der Waals surface area contributed by atoms with E-state index in [1.165, 1.54) is 6.07 Å². The lowest BCUT2D eigenvalue weighted by Gasteiger charge is -2.37. The molecule has 1 saturated carbocycles. The van der Waals surface area contributed by atoms with Gasteiger partial charge in [-0.3, -0.25) is 9.69 Å². The maximum atomic E-state index is 13.6. The summed E-state index contributed by atoms with van der Waals surface area (Å²) in [4.78, 5) is 13.9. The number of aliphatic hydroxyl groups is 1. The molecule has 0 unspecified atom stereocenters. The first-order valence-corrected chi connectivity index (χ1v) is 7.89. The lowest BCUT2D eigenvalue weighted by Crippen LogP contribution is -2.48. The first-order chi connectivity index (χ1) is 10.5. The summed E-state index contributed by atoms with van der Waals surface area (Å²) in [5, 5.41) is 12.4. The molecule has 5 heteroatoms. The smallest absolute Gasteiger partial charge is 0.234 e. The number of hydrogen-bond donors (Lipinski definition) is 2. The minimum Gasteiger partial charge on any atom is -0.393 e. The molecule has 1 aromatic rings. The summed E-state index contributed by atoms with van der Waals surface area (Å²) in [6.07, 6.45) is 2.19. The number of rotatable bonds is 7. The third kappa shape index (κ3) is 4.52. The van der Waals surface area contributed by atoms with Crippen molar-refractivity contribution >= 4 is 5.91 Å².